The van der Waals surface area contributed by atoms with Crippen molar-refractivity contribution in [1.82, 2.24) is 14.8 Å². The van der Waals surface area contributed by atoms with Gasteiger partial charge >= 0.3 is 0 Å². The van der Waals surface area contributed by atoms with Crippen LogP contribution >= 0.6 is 0 Å². The van der Waals surface area contributed by atoms with Crippen molar-refractivity contribution in [3.8, 4) is 0 Å². The minimum absolute atomic E-state index is 0.211. The van der Waals surface area contributed by atoms with Crippen LogP contribution in [0.3, 0.4) is 0 Å². The Labute approximate surface area is 113 Å². The first-order valence-electron chi connectivity index (χ1n) is 6.65. The predicted octanol–water partition coefficient (Wildman–Crippen LogP) is 2.03. The lowest BCUT2D eigenvalue weighted by Crippen LogP contribution is -2.32. The highest BCUT2D eigenvalue weighted by Crippen LogP contribution is 2.13. The zero-order valence-electron chi connectivity index (χ0n) is 11.1. The molecule has 0 fully saturated rings. The monoisotopic (exact) mass is 254 g/mol. The lowest BCUT2D eigenvalue weighted by Gasteiger charge is -2.17. The van der Waals surface area contributed by atoms with Crippen molar-refractivity contribution in [2.24, 2.45) is 5.73 Å². The fourth-order valence-electron chi connectivity index (χ4n) is 2.27. The van der Waals surface area contributed by atoms with Gasteiger partial charge in [0, 0.05) is 12.5 Å². The van der Waals surface area contributed by atoms with Gasteiger partial charge in [0.15, 0.2) is 5.82 Å². The van der Waals surface area contributed by atoms with E-state index in [0.717, 1.165) is 36.6 Å². The molecule has 1 aromatic heterocycles. The summed E-state index contributed by atoms with van der Waals surface area (Å²) in [5.41, 5.74) is 8.36. The largest absolute Gasteiger partial charge is 0.326 e. The van der Waals surface area contributed by atoms with E-state index in [1.54, 1.807) is 0 Å². The van der Waals surface area contributed by atoms with Gasteiger partial charge in [-0.05, 0) is 25.0 Å². The van der Waals surface area contributed by atoms with Gasteiger partial charge < -0.3 is 5.73 Å². The summed E-state index contributed by atoms with van der Waals surface area (Å²) in [6.07, 6.45) is 5.93. The van der Waals surface area contributed by atoms with Crippen molar-refractivity contribution in [3.63, 3.8) is 0 Å². The number of hydrogen-bond acceptors (Lipinski definition) is 3. The third-order valence-electron chi connectivity index (χ3n) is 3.41. The average molecular weight is 254 g/mol. The van der Waals surface area contributed by atoms with Crippen molar-refractivity contribution in [2.75, 3.05) is 0 Å². The molecule has 0 radical (unpaired) electrons. The normalized spacial score (nSPS) is 18.7. The van der Waals surface area contributed by atoms with Gasteiger partial charge in [-0.3, -0.25) is 0 Å². The number of hydrogen-bond donors (Lipinski definition) is 1. The lowest BCUT2D eigenvalue weighted by atomic mass is 10.1. The van der Waals surface area contributed by atoms with Crippen LogP contribution in [0, 0.1) is 6.92 Å². The van der Waals surface area contributed by atoms with Crippen molar-refractivity contribution in [2.45, 2.75) is 32.4 Å². The number of fused-ring (bicyclic) bond motifs is 1. The van der Waals surface area contributed by atoms with Gasteiger partial charge in [-0.25, -0.2) is 9.67 Å². The van der Waals surface area contributed by atoms with Crippen LogP contribution in [-0.2, 0) is 13.0 Å². The second-order valence-corrected chi connectivity index (χ2v) is 5.11. The maximum atomic E-state index is 5.93. The predicted molar refractivity (Wildman–Crippen MR) is 76.4 cm³/mol. The number of aryl methyl sites for hydroxylation is 2. The highest BCUT2D eigenvalue weighted by Gasteiger charge is 2.17. The van der Waals surface area contributed by atoms with E-state index >= 15 is 0 Å². The van der Waals surface area contributed by atoms with E-state index in [9.17, 15) is 0 Å². The molecule has 98 valence electrons. The third kappa shape index (κ3) is 2.74. The highest BCUT2D eigenvalue weighted by molar-refractivity contribution is 5.66. The van der Waals surface area contributed by atoms with Gasteiger partial charge in [-0.15, -0.1) is 0 Å². The SMILES string of the molecule is Cc1ccc(/C=C/c2nc3n(n2)CC(N)CC3)cc1. The van der Waals surface area contributed by atoms with E-state index in [1.165, 1.54) is 5.56 Å². The van der Waals surface area contributed by atoms with E-state index in [1.807, 2.05) is 16.8 Å². The van der Waals surface area contributed by atoms with Crippen LogP contribution in [0.5, 0.6) is 0 Å². The molecular weight excluding hydrogens is 236 g/mol. The van der Waals surface area contributed by atoms with Crippen LogP contribution < -0.4 is 5.73 Å². The molecule has 2 heterocycles. The zero-order valence-corrected chi connectivity index (χ0v) is 11.1. The zero-order chi connectivity index (χ0) is 13.2. The molecule has 1 aromatic carbocycles. The van der Waals surface area contributed by atoms with Crippen LogP contribution in [0.15, 0.2) is 24.3 Å². The molecule has 4 heteroatoms. The third-order valence-corrected chi connectivity index (χ3v) is 3.41. The smallest absolute Gasteiger partial charge is 0.174 e. The van der Waals surface area contributed by atoms with Crippen molar-refractivity contribution >= 4 is 12.2 Å². The first kappa shape index (κ1) is 12.1. The van der Waals surface area contributed by atoms with Crippen LogP contribution in [0.1, 0.15) is 29.2 Å². The quantitative estimate of drug-likeness (QED) is 0.892. The number of nitrogens with two attached hydrogens (primary N) is 1. The summed E-state index contributed by atoms with van der Waals surface area (Å²) < 4.78 is 1.93. The Morgan fingerprint density at radius 1 is 1.26 bits per heavy atom. The molecule has 4 nitrogen and oxygen atoms in total. The molecule has 1 unspecified atom stereocenters. The molecule has 0 saturated carbocycles. The molecule has 1 aliphatic rings. The molecule has 19 heavy (non-hydrogen) atoms. The Morgan fingerprint density at radius 3 is 2.84 bits per heavy atom. The molecule has 1 aliphatic heterocycles. The summed E-state index contributed by atoms with van der Waals surface area (Å²) >= 11 is 0. The van der Waals surface area contributed by atoms with Gasteiger partial charge in [0.05, 0.1) is 6.54 Å². The average Bonchev–Trinajstić information content (AvgIpc) is 2.80. The van der Waals surface area contributed by atoms with Gasteiger partial charge in [0.2, 0.25) is 0 Å². The van der Waals surface area contributed by atoms with Gasteiger partial charge in [-0.2, -0.15) is 5.10 Å². The molecule has 0 bridgehead atoms. The van der Waals surface area contributed by atoms with E-state index in [4.69, 9.17) is 5.73 Å². The second-order valence-electron chi connectivity index (χ2n) is 5.11. The Kier molecular flexibility index (Phi) is 3.17. The second kappa shape index (κ2) is 4.97. The molecule has 0 spiro atoms. The summed E-state index contributed by atoms with van der Waals surface area (Å²) in [7, 11) is 0. The number of aromatic nitrogens is 3. The first-order valence-corrected chi connectivity index (χ1v) is 6.65. The fraction of sp³-hybridized carbons (Fsp3) is 0.333. The summed E-state index contributed by atoms with van der Waals surface area (Å²) in [6, 6.07) is 8.60. The molecule has 2 N–H and O–H groups in total. The van der Waals surface area contributed by atoms with E-state index in [2.05, 4.69) is 41.3 Å². The standard InChI is InChI=1S/C15H18N4/c1-11-2-4-12(5-3-11)6-8-14-17-15-9-7-13(16)10-19(15)18-14/h2-6,8,13H,7,9-10,16H2,1H3/b8-6+. The fourth-order valence-corrected chi connectivity index (χ4v) is 2.27. The molecule has 2 aromatic rings. The molecule has 1 atom stereocenters. The van der Waals surface area contributed by atoms with E-state index < -0.39 is 0 Å². The number of rotatable bonds is 2. The number of benzene rings is 1. The minimum Gasteiger partial charge on any atom is -0.326 e. The summed E-state index contributed by atoms with van der Waals surface area (Å²) in [6.45, 7) is 2.86. The van der Waals surface area contributed by atoms with E-state index in [0.29, 0.717) is 0 Å². The minimum atomic E-state index is 0.211. The molecule has 0 aliphatic carbocycles. The van der Waals surface area contributed by atoms with Crippen molar-refractivity contribution in [1.29, 1.82) is 0 Å². The molecule has 3 rings (SSSR count). The Bertz CT molecular complexity index is 595. The highest BCUT2D eigenvalue weighted by atomic mass is 15.4. The maximum Gasteiger partial charge on any atom is 0.174 e. The van der Waals surface area contributed by atoms with Crippen LogP contribution in [0.25, 0.3) is 12.2 Å². The Hall–Kier alpha value is -1.94. The van der Waals surface area contributed by atoms with Crippen LogP contribution in [0.2, 0.25) is 0 Å². The van der Waals surface area contributed by atoms with Gasteiger partial charge in [0.1, 0.15) is 5.82 Å². The molecular formula is C15H18N4. The summed E-state index contributed by atoms with van der Waals surface area (Å²) in [5, 5.41) is 4.47. The van der Waals surface area contributed by atoms with Crippen molar-refractivity contribution in [3.05, 3.63) is 47.0 Å². The molecule has 0 amide bonds. The van der Waals surface area contributed by atoms with Gasteiger partial charge in [0.25, 0.3) is 0 Å². The molecule has 0 saturated heterocycles. The Balaban J connectivity index is 1.78. The van der Waals surface area contributed by atoms with E-state index in [-0.39, 0.29) is 6.04 Å². The summed E-state index contributed by atoms with van der Waals surface area (Å²) in [4.78, 5) is 4.53. The topological polar surface area (TPSA) is 56.7 Å². The summed E-state index contributed by atoms with van der Waals surface area (Å²) in [5.74, 6) is 1.81. The Morgan fingerprint density at radius 2 is 2.05 bits per heavy atom. The van der Waals surface area contributed by atoms with Crippen LogP contribution in [-0.4, -0.2) is 20.8 Å². The van der Waals surface area contributed by atoms with Crippen molar-refractivity contribution < 1.29 is 0 Å². The number of nitrogens with zero attached hydrogens (tertiary/aromatic N) is 3. The van der Waals surface area contributed by atoms with Crippen LogP contribution in [0.4, 0.5) is 0 Å². The maximum absolute atomic E-state index is 5.93. The first-order chi connectivity index (χ1) is 9.20. The van der Waals surface area contributed by atoms with Gasteiger partial charge in [-0.1, -0.05) is 35.9 Å². The lowest BCUT2D eigenvalue weighted by molar-refractivity contribution is 0.421.